The summed E-state index contributed by atoms with van der Waals surface area (Å²) in [7, 11) is 0. The fourth-order valence-corrected chi connectivity index (χ4v) is 2.94. The van der Waals surface area contributed by atoms with Crippen molar-refractivity contribution in [2.24, 2.45) is 0 Å². The molecule has 27 heavy (non-hydrogen) atoms. The molecule has 0 aliphatic carbocycles. The van der Waals surface area contributed by atoms with Crippen LogP contribution in [0.2, 0.25) is 0 Å². The van der Waals surface area contributed by atoms with E-state index in [0.29, 0.717) is 6.42 Å². The molecule has 0 aromatic heterocycles. The molecule has 0 spiro atoms. The zero-order chi connectivity index (χ0) is 20.4. The summed E-state index contributed by atoms with van der Waals surface area (Å²) < 4.78 is 5.34. The summed E-state index contributed by atoms with van der Waals surface area (Å²) in [4.78, 5) is 27.0. The van der Waals surface area contributed by atoms with Crippen LogP contribution >= 0.6 is 0 Å². The van der Waals surface area contributed by atoms with Gasteiger partial charge in [-0.3, -0.25) is 4.79 Å². The number of carbonyl (C=O) groups excluding carboxylic acids is 2. The Morgan fingerprint density at radius 3 is 2.15 bits per heavy atom. The monoisotopic (exact) mass is 376 g/mol. The van der Waals surface area contributed by atoms with Gasteiger partial charge in [-0.1, -0.05) is 43.7 Å². The molecular formula is C22H36N2O3. The van der Waals surface area contributed by atoms with Gasteiger partial charge in [0.05, 0.1) is 0 Å². The van der Waals surface area contributed by atoms with E-state index in [-0.39, 0.29) is 5.91 Å². The predicted molar refractivity (Wildman–Crippen MR) is 110 cm³/mol. The number of benzene rings is 1. The summed E-state index contributed by atoms with van der Waals surface area (Å²) >= 11 is 0. The minimum absolute atomic E-state index is 0.0221. The maximum Gasteiger partial charge on any atom is 0.408 e. The van der Waals surface area contributed by atoms with Gasteiger partial charge >= 0.3 is 6.09 Å². The summed E-state index contributed by atoms with van der Waals surface area (Å²) in [6, 6.07) is 7.44. The molecule has 1 aromatic rings. The van der Waals surface area contributed by atoms with Gasteiger partial charge < -0.3 is 15.0 Å². The highest BCUT2D eigenvalue weighted by molar-refractivity contribution is 5.86. The molecule has 152 valence electrons. The number of hydrogen-bond donors (Lipinski definition) is 1. The van der Waals surface area contributed by atoms with E-state index in [0.717, 1.165) is 37.9 Å². The summed E-state index contributed by atoms with van der Waals surface area (Å²) in [5.41, 5.74) is 1.60. The van der Waals surface area contributed by atoms with Crippen LogP contribution in [-0.2, 0) is 16.0 Å². The lowest BCUT2D eigenvalue weighted by Crippen LogP contribution is -2.51. The quantitative estimate of drug-likeness (QED) is 0.843. The molecule has 5 nitrogen and oxygen atoms in total. The molecule has 5 heteroatoms. The number of alkyl carbamates (subject to hydrolysis) is 1. The number of ether oxygens (including phenoxy) is 1. The highest BCUT2D eigenvalue weighted by atomic mass is 16.6. The number of likely N-dealkylation sites (tertiary alicyclic amines) is 1. The molecule has 1 N–H and O–H groups in total. The molecule has 0 radical (unpaired) electrons. The van der Waals surface area contributed by atoms with Gasteiger partial charge in [0.25, 0.3) is 0 Å². The Labute approximate surface area is 164 Å². The Balaban J connectivity index is 0.00000176. The second-order valence-corrected chi connectivity index (χ2v) is 7.77. The molecule has 0 unspecified atom stereocenters. The van der Waals surface area contributed by atoms with Gasteiger partial charge in [0.15, 0.2) is 0 Å². The lowest BCUT2D eigenvalue weighted by molar-refractivity contribution is -0.134. The van der Waals surface area contributed by atoms with Gasteiger partial charge in [-0.2, -0.15) is 0 Å². The first-order valence-electron chi connectivity index (χ1n) is 10.1. The summed E-state index contributed by atoms with van der Waals surface area (Å²) in [6.45, 7) is 13.0. The van der Waals surface area contributed by atoms with Gasteiger partial charge in [0, 0.05) is 19.5 Å². The third-order valence-corrected chi connectivity index (χ3v) is 4.22. The number of hydrogen-bond acceptors (Lipinski definition) is 3. The van der Waals surface area contributed by atoms with Crippen molar-refractivity contribution in [1.29, 1.82) is 0 Å². The van der Waals surface area contributed by atoms with Crippen molar-refractivity contribution in [3.8, 4) is 0 Å². The Kier molecular flexibility index (Phi) is 9.33. The van der Waals surface area contributed by atoms with Gasteiger partial charge in [-0.05, 0) is 52.5 Å². The van der Waals surface area contributed by atoms with Crippen molar-refractivity contribution in [2.75, 3.05) is 13.1 Å². The van der Waals surface area contributed by atoms with Crippen LogP contribution in [0.15, 0.2) is 24.3 Å². The van der Waals surface area contributed by atoms with Gasteiger partial charge in [-0.15, -0.1) is 0 Å². The van der Waals surface area contributed by atoms with Crippen LogP contribution in [0.3, 0.4) is 0 Å². The first-order valence-corrected chi connectivity index (χ1v) is 10.1. The summed E-state index contributed by atoms with van der Waals surface area (Å²) in [5, 5.41) is 2.78. The number of carbonyl (C=O) groups is 2. The highest BCUT2D eigenvalue weighted by Crippen LogP contribution is 2.14. The minimum atomic E-state index is -0.601. The molecule has 1 saturated heterocycles. The first kappa shape index (κ1) is 23.0. The van der Waals surface area contributed by atoms with Crippen LogP contribution in [-0.4, -0.2) is 41.6 Å². The smallest absolute Gasteiger partial charge is 0.408 e. The van der Waals surface area contributed by atoms with Crippen LogP contribution in [0.25, 0.3) is 0 Å². The lowest BCUT2D eigenvalue weighted by Gasteiger charge is -2.31. The van der Waals surface area contributed by atoms with E-state index in [2.05, 4.69) is 5.32 Å². The van der Waals surface area contributed by atoms with Crippen LogP contribution < -0.4 is 5.32 Å². The third-order valence-electron chi connectivity index (χ3n) is 4.22. The standard InChI is InChI=1S/C20H30N2O3.C2H6/c1-15-8-10-16(11-9-15)14-17(21-19(24)25-20(2,3)4)18(23)22-12-6-5-7-13-22;1-2/h8-11,17H,5-7,12-14H2,1-4H3,(H,21,24);1-2H3/t17-;/m0./s1. The minimum Gasteiger partial charge on any atom is -0.444 e. The van der Waals surface area contributed by atoms with Crippen LogP contribution in [0.1, 0.15) is 65.0 Å². The van der Waals surface area contributed by atoms with Crippen molar-refractivity contribution < 1.29 is 14.3 Å². The zero-order valence-electron chi connectivity index (χ0n) is 17.8. The Bertz CT molecular complexity index is 585. The molecule has 1 aromatic carbocycles. The van der Waals surface area contributed by atoms with Crippen LogP contribution in [0.4, 0.5) is 4.79 Å². The number of piperidine rings is 1. The summed E-state index contributed by atoms with van der Waals surface area (Å²) in [6.07, 6.45) is 3.13. The van der Waals surface area contributed by atoms with Gasteiger partial charge in [-0.25, -0.2) is 4.79 Å². The maximum absolute atomic E-state index is 12.9. The van der Waals surface area contributed by atoms with E-state index in [9.17, 15) is 9.59 Å². The normalized spacial score (nSPS) is 15.3. The molecule has 2 amide bonds. The van der Waals surface area contributed by atoms with Crippen LogP contribution in [0, 0.1) is 6.92 Å². The first-order chi connectivity index (χ1) is 12.7. The van der Waals surface area contributed by atoms with E-state index < -0.39 is 17.7 Å². The van der Waals surface area contributed by atoms with Gasteiger partial charge in [0.1, 0.15) is 11.6 Å². The van der Waals surface area contributed by atoms with Crippen LogP contribution in [0.5, 0.6) is 0 Å². The van der Waals surface area contributed by atoms with E-state index in [1.54, 1.807) is 0 Å². The molecule has 1 heterocycles. The fourth-order valence-electron chi connectivity index (χ4n) is 2.94. The highest BCUT2D eigenvalue weighted by Gasteiger charge is 2.29. The summed E-state index contributed by atoms with van der Waals surface area (Å²) in [5.74, 6) is -0.0221. The van der Waals surface area contributed by atoms with Crippen molar-refractivity contribution in [3.63, 3.8) is 0 Å². The second-order valence-electron chi connectivity index (χ2n) is 7.77. The third kappa shape index (κ3) is 8.46. The molecule has 1 aliphatic heterocycles. The van der Waals surface area contributed by atoms with E-state index in [1.807, 2.05) is 70.7 Å². The van der Waals surface area contributed by atoms with Crippen molar-refractivity contribution in [1.82, 2.24) is 10.2 Å². The lowest BCUT2D eigenvalue weighted by atomic mass is 10.0. The predicted octanol–water partition coefficient (Wildman–Crippen LogP) is 4.47. The molecule has 1 fully saturated rings. The second kappa shape index (κ2) is 11.0. The SMILES string of the molecule is CC.Cc1ccc(C[C@H](NC(=O)OC(C)(C)C)C(=O)N2CCCCC2)cc1. The fraction of sp³-hybridized carbons (Fsp3) is 0.636. The number of aryl methyl sites for hydroxylation is 1. The molecule has 0 bridgehead atoms. The van der Waals surface area contributed by atoms with Crippen molar-refractivity contribution in [3.05, 3.63) is 35.4 Å². The molecule has 1 aliphatic rings. The average Bonchev–Trinajstić information content (AvgIpc) is 2.63. The average molecular weight is 377 g/mol. The number of rotatable bonds is 4. The van der Waals surface area contributed by atoms with E-state index >= 15 is 0 Å². The molecule has 0 saturated carbocycles. The largest absolute Gasteiger partial charge is 0.444 e. The number of nitrogens with zero attached hydrogens (tertiary/aromatic N) is 1. The molecule has 1 atom stereocenters. The number of amides is 2. The Morgan fingerprint density at radius 2 is 1.63 bits per heavy atom. The van der Waals surface area contributed by atoms with E-state index in [4.69, 9.17) is 4.74 Å². The molecule has 2 rings (SSSR count). The van der Waals surface area contributed by atoms with E-state index in [1.165, 1.54) is 5.56 Å². The Hall–Kier alpha value is -2.04. The van der Waals surface area contributed by atoms with Crippen molar-refractivity contribution in [2.45, 2.75) is 78.9 Å². The maximum atomic E-state index is 12.9. The molecular weight excluding hydrogens is 340 g/mol. The zero-order valence-corrected chi connectivity index (χ0v) is 17.8. The number of nitrogens with one attached hydrogen (secondary N) is 1. The van der Waals surface area contributed by atoms with Gasteiger partial charge in [0.2, 0.25) is 5.91 Å². The topological polar surface area (TPSA) is 58.6 Å². The van der Waals surface area contributed by atoms with Crippen molar-refractivity contribution >= 4 is 12.0 Å². The Morgan fingerprint density at radius 1 is 1.07 bits per heavy atom.